The lowest BCUT2D eigenvalue weighted by Gasteiger charge is -2.44. The zero-order valence-corrected chi connectivity index (χ0v) is 17.0. The van der Waals surface area contributed by atoms with Crippen LogP contribution in [0.2, 0.25) is 0 Å². The lowest BCUT2D eigenvalue weighted by atomic mass is 9.91. The number of piperazine rings is 1. The van der Waals surface area contributed by atoms with Crippen LogP contribution < -0.4 is 4.74 Å². The van der Waals surface area contributed by atoms with E-state index in [1.54, 1.807) is 23.3 Å². The molecule has 1 aromatic heterocycles. The monoisotopic (exact) mass is 398 g/mol. The second-order valence-electron chi connectivity index (χ2n) is 7.54. The molecule has 2 aliphatic rings. The van der Waals surface area contributed by atoms with Crippen molar-refractivity contribution in [2.45, 2.75) is 50.7 Å². The van der Waals surface area contributed by atoms with Crippen LogP contribution in [-0.4, -0.2) is 41.3 Å². The number of nitrogens with zero attached hydrogens (tertiary/aromatic N) is 2. The smallest absolute Gasteiger partial charge is 0.250 e. The fraction of sp³-hybridized carbons (Fsp3) is 0.455. The molecule has 6 heteroatoms. The molecule has 2 aromatic rings. The van der Waals surface area contributed by atoms with E-state index in [0.717, 1.165) is 36.1 Å². The van der Waals surface area contributed by atoms with Crippen molar-refractivity contribution >= 4 is 23.2 Å². The van der Waals surface area contributed by atoms with E-state index in [4.69, 9.17) is 4.74 Å². The largest absolute Gasteiger partial charge is 0.497 e. The molecule has 0 bridgehead atoms. The first kappa shape index (κ1) is 19.0. The number of carbonyl (C=O) groups excluding carboxylic acids is 2. The highest BCUT2D eigenvalue weighted by atomic mass is 32.1. The molecular weight excluding hydrogens is 372 g/mol. The maximum atomic E-state index is 13.6. The van der Waals surface area contributed by atoms with Gasteiger partial charge in [-0.3, -0.25) is 9.59 Å². The Balaban J connectivity index is 1.69. The van der Waals surface area contributed by atoms with Gasteiger partial charge in [0, 0.05) is 10.9 Å². The average molecular weight is 399 g/mol. The number of ether oxygens (including phenoxy) is 1. The molecular formula is C22H26N2O3S. The molecule has 5 nitrogen and oxygen atoms in total. The summed E-state index contributed by atoms with van der Waals surface area (Å²) in [7, 11) is 1.62. The lowest BCUT2D eigenvalue weighted by Crippen LogP contribution is -2.58. The zero-order valence-electron chi connectivity index (χ0n) is 16.2. The van der Waals surface area contributed by atoms with Crippen LogP contribution in [0.1, 0.15) is 48.6 Å². The van der Waals surface area contributed by atoms with Crippen LogP contribution in [0.15, 0.2) is 41.8 Å². The Hall–Kier alpha value is -2.34. The van der Waals surface area contributed by atoms with Gasteiger partial charge < -0.3 is 14.5 Å². The van der Waals surface area contributed by atoms with Crippen molar-refractivity contribution in [1.29, 1.82) is 0 Å². The Morgan fingerprint density at radius 3 is 2.64 bits per heavy atom. The van der Waals surface area contributed by atoms with Gasteiger partial charge in [0.2, 0.25) is 5.91 Å². The topological polar surface area (TPSA) is 49.9 Å². The molecule has 1 atom stereocenters. The van der Waals surface area contributed by atoms with E-state index in [-0.39, 0.29) is 24.4 Å². The molecule has 0 radical (unpaired) electrons. The van der Waals surface area contributed by atoms with Gasteiger partial charge in [-0.05, 0) is 42.0 Å². The Kier molecular flexibility index (Phi) is 5.67. The third kappa shape index (κ3) is 3.78. The minimum Gasteiger partial charge on any atom is -0.497 e. The number of hydrogen-bond donors (Lipinski definition) is 0. The molecule has 28 heavy (non-hydrogen) atoms. The zero-order chi connectivity index (χ0) is 19.5. The molecule has 2 heterocycles. The van der Waals surface area contributed by atoms with Crippen LogP contribution >= 0.6 is 11.3 Å². The van der Waals surface area contributed by atoms with Gasteiger partial charge in [-0.15, -0.1) is 11.3 Å². The first-order valence-electron chi connectivity index (χ1n) is 9.93. The van der Waals surface area contributed by atoms with Crippen LogP contribution in [0.25, 0.3) is 0 Å². The van der Waals surface area contributed by atoms with Gasteiger partial charge in [0.1, 0.15) is 18.3 Å². The van der Waals surface area contributed by atoms with Crippen molar-refractivity contribution in [3.8, 4) is 5.75 Å². The highest BCUT2D eigenvalue weighted by Crippen LogP contribution is 2.34. The molecule has 2 amide bonds. The van der Waals surface area contributed by atoms with E-state index in [1.165, 1.54) is 6.42 Å². The molecule has 1 saturated carbocycles. The second-order valence-corrected chi connectivity index (χ2v) is 8.57. The minimum absolute atomic E-state index is 0.0198. The van der Waals surface area contributed by atoms with Crippen LogP contribution in [0.5, 0.6) is 5.75 Å². The van der Waals surface area contributed by atoms with Gasteiger partial charge in [0.05, 0.1) is 13.7 Å². The molecule has 0 spiro atoms. The maximum Gasteiger partial charge on any atom is 0.250 e. The third-order valence-corrected chi connectivity index (χ3v) is 6.65. The summed E-state index contributed by atoms with van der Waals surface area (Å²) < 4.78 is 5.37. The first-order chi connectivity index (χ1) is 13.7. The summed E-state index contributed by atoms with van der Waals surface area (Å²) in [6.07, 6.45) is 5.47. The summed E-state index contributed by atoms with van der Waals surface area (Å²) in [6, 6.07) is 11.1. The normalized spacial score (nSPS) is 21.2. The summed E-state index contributed by atoms with van der Waals surface area (Å²) in [5, 5.41) is 2.00. The molecule has 1 saturated heterocycles. The quantitative estimate of drug-likeness (QED) is 0.765. The molecule has 1 unspecified atom stereocenters. The molecule has 1 aliphatic carbocycles. The van der Waals surface area contributed by atoms with Crippen molar-refractivity contribution in [2.75, 3.05) is 13.7 Å². The minimum atomic E-state index is -0.597. The number of methoxy groups -OCH3 is 1. The van der Waals surface area contributed by atoms with E-state index in [0.29, 0.717) is 12.3 Å². The predicted octanol–water partition coefficient (Wildman–Crippen LogP) is 4.00. The molecule has 4 rings (SSSR count). The van der Waals surface area contributed by atoms with E-state index in [9.17, 15) is 9.59 Å². The van der Waals surface area contributed by atoms with E-state index < -0.39 is 6.04 Å². The number of thiophene rings is 1. The molecule has 148 valence electrons. The Morgan fingerprint density at radius 2 is 1.93 bits per heavy atom. The fourth-order valence-electron chi connectivity index (χ4n) is 4.33. The standard InChI is InChI=1S/C22H26N2O3S/c1-27-18-10-5-7-16(13-18)21-22(26)23(17-8-3-2-4-9-17)15-20(25)24(21)14-19-11-6-12-28-19/h5-7,10-13,17,21H,2-4,8-9,14-15H2,1H3. The molecule has 2 fully saturated rings. The summed E-state index contributed by atoms with van der Waals surface area (Å²) >= 11 is 1.61. The summed E-state index contributed by atoms with van der Waals surface area (Å²) in [5.74, 6) is 0.756. The van der Waals surface area contributed by atoms with Gasteiger partial charge in [0.25, 0.3) is 5.91 Å². The van der Waals surface area contributed by atoms with Crippen LogP contribution in [0.3, 0.4) is 0 Å². The summed E-state index contributed by atoms with van der Waals surface area (Å²) in [5.41, 5.74) is 0.815. The number of hydrogen-bond acceptors (Lipinski definition) is 4. The van der Waals surface area contributed by atoms with Gasteiger partial charge in [0.15, 0.2) is 0 Å². The van der Waals surface area contributed by atoms with Gasteiger partial charge in [-0.1, -0.05) is 37.5 Å². The molecule has 1 aliphatic heterocycles. The van der Waals surface area contributed by atoms with Crippen LogP contribution in [0, 0.1) is 0 Å². The summed E-state index contributed by atoms with van der Waals surface area (Å²) in [6.45, 7) is 0.651. The number of benzene rings is 1. The predicted molar refractivity (Wildman–Crippen MR) is 109 cm³/mol. The Bertz CT molecular complexity index is 830. The van der Waals surface area contributed by atoms with Gasteiger partial charge in [-0.25, -0.2) is 0 Å². The fourth-order valence-corrected chi connectivity index (χ4v) is 5.04. The van der Waals surface area contributed by atoms with Crippen molar-refractivity contribution < 1.29 is 14.3 Å². The lowest BCUT2D eigenvalue weighted by molar-refractivity contribution is -0.159. The Labute approximate surface area is 169 Å². The highest BCUT2D eigenvalue weighted by Gasteiger charge is 2.43. The van der Waals surface area contributed by atoms with Crippen LogP contribution in [-0.2, 0) is 16.1 Å². The second kappa shape index (κ2) is 8.35. The van der Waals surface area contributed by atoms with E-state index >= 15 is 0 Å². The third-order valence-electron chi connectivity index (χ3n) is 5.79. The van der Waals surface area contributed by atoms with Crippen molar-refractivity contribution in [3.05, 3.63) is 52.2 Å². The SMILES string of the molecule is COc1cccc(C2C(=O)N(C3CCCCC3)CC(=O)N2Cc2cccs2)c1. The van der Waals surface area contributed by atoms with E-state index in [1.807, 2.05) is 46.7 Å². The number of amides is 2. The molecule has 1 aromatic carbocycles. The van der Waals surface area contributed by atoms with Crippen molar-refractivity contribution in [1.82, 2.24) is 9.80 Å². The Morgan fingerprint density at radius 1 is 1.11 bits per heavy atom. The van der Waals surface area contributed by atoms with Gasteiger partial charge >= 0.3 is 0 Å². The van der Waals surface area contributed by atoms with Crippen molar-refractivity contribution in [3.63, 3.8) is 0 Å². The van der Waals surface area contributed by atoms with Crippen LogP contribution in [0.4, 0.5) is 0 Å². The summed E-state index contributed by atoms with van der Waals surface area (Å²) in [4.78, 5) is 31.4. The van der Waals surface area contributed by atoms with Crippen molar-refractivity contribution in [2.24, 2.45) is 0 Å². The average Bonchev–Trinajstić information content (AvgIpc) is 3.24. The number of rotatable bonds is 5. The van der Waals surface area contributed by atoms with E-state index in [2.05, 4.69) is 0 Å². The molecule has 0 N–H and O–H groups in total. The van der Waals surface area contributed by atoms with Gasteiger partial charge in [-0.2, -0.15) is 0 Å². The maximum absolute atomic E-state index is 13.6. The highest BCUT2D eigenvalue weighted by molar-refractivity contribution is 7.09. The number of carbonyl (C=O) groups is 2. The first-order valence-corrected chi connectivity index (χ1v) is 10.8.